The van der Waals surface area contributed by atoms with Gasteiger partial charge in [0.1, 0.15) is 5.69 Å². The Kier molecular flexibility index (Phi) is 8.51. The van der Waals surface area contributed by atoms with Crippen LogP contribution >= 0.6 is 11.8 Å². The summed E-state index contributed by atoms with van der Waals surface area (Å²) in [6, 6.07) is 16.5. The number of aromatic nitrogens is 2. The minimum atomic E-state index is -3.62. The second kappa shape index (κ2) is 12.5. The third kappa shape index (κ3) is 6.17. The molecule has 1 aromatic heterocycles. The number of rotatable bonds is 7. The van der Waals surface area contributed by atoms with Crippen LogP contribution in [-0.4, -0.2) is 77.2 Å². The van der Waals surface area contributed by atoms with E-state index in [-0.39, 0.29) is 22.7 Å². The fourth-order valence-corrected chi connectivity index (χ4v) is 8.07. The van der Waals surface area contributed by atoms with Crippen LogP contribution in [0, 0.1) is 5.92 Å². The molecule has 3 aliphatic rings. The van der Waals surface area contributed by atoms with Gasteiger partial charge in [-0.25, -0.2) is 13.1 Å². The highest BCUT2D eigenvalue weighted by Crippen LogP contribution is 2.35. The van der Waals surface area contributed by atoms with Crippen molar-refractivity contribution in [3.05, 3.63) is 71.3 Å². The quantitative estimate of drug-likeness (QED) is 0.279. The van der Waals surface area contributed by atoms with Crippen molar-refractivity contribution < 1.29 is 22.7 Å². The number of ether oxygens (including phenoxy) is 1. The van der Waals surface area contributed by atoms with Crippen LogP contribution in [-0.2, 0) is 24.3 Å². The molecule has 3 aliphatic heterocycles. The van der Waals surface area contributed by atoms with E-state index in [0.29, 0.717) is 72.5 Å². The number of esters is 1. The zero-order valence-corrected chi connectivity index (χ0v) is 25.5. The van der Waals surface area contributed by atoms with Gasteiger partial charge in [-0.05, 0) is 74.7 Å². The van der Waals surface area contributed by atoms with Gasteiger partial charge in [0.15, 0.2) is 5.17 Å². The molecule has 0 saturated carbocycles. The molecule has 0 spiro atoms. The minimum absolute atomic E-state index is 0.134. The molecule has 0 aliphatic carbocycles. The number of hydrogen-bond acceptors (Lipinski definition) is 8. The summed E-state index contributed by atoms with van der Waals surface area (Å²) < 4.78 is 35.1. The Morgan fingerprint density at radius 3 is 2.51 bits per heavy atom. The number of nitrogens with zero attached hydrogens (tertiary/aromatic N) is 5. The zero-order chi connectivity index (χ0) is 30.0. The van der Waals surface area contributed by atoms with Crippen LogP contribution in [0.2, 0.25) is 0 Å². The van der Waals surface area contributed by atoms with E-state index in [9.17, 15) is 18.0 Å². The molecule has 2 fully saturated rings. The molecule has 0 radical (unpaired) electrons. The van der Waals surface area contributed by atoms with Crippen LogP contribution in [0.15, 0.2) is 75.6 Å². The van der Waals surface area contributed by atoms with Crippen molar-refractivity contribution >= 4 is 44.9 Å². The van der Waals surface area contributed by atoms with E-state index in [0.717, 1.165) is 18.5 Å². The van der Waals surface area contributed by atoms with E-state index in [1.807, 2.05) is 47.5 Å². The Hall–Kier alpha value is -3.74. The van der Waals surface area contributed by atoms with Crippen molar-refractivity contribution in [1.82, 2.24) is 19.0 Å². The summed E-state index contributed by atoms with van der Waals surface area (Å²) in [5.74, 6) is -0.637. The highest BCUT2D eigenvalue weighted by atomic mass is 32.2. The van der Waals surface area contributed by atoms with Gasteiger partial charge in [0.2, 0.25) is 10.0 Å². The van der Waals surface area contributed by atoms with Gasteiger partial charge in [0.25, 0.3) is 5.91 Å². The third-order valence-corrected chi connectivity index (χ3v) is 10.8. The minimum Gasteiger partial charge on any atom is -0.466 e. The van der Waals surface area contributed by atoms with Crippen LogP contribution in [0.25, 0.3) is 23.0 Å². The molecule has 0 unspecified atom stereocenters. The first kappa shape index (κ1) is 29.3. The highest BCUT2D eigenvalue weighted by molar-refractivity contribution is 8.18. The summed E-state index contributed by atoms with van der Waals surface area (Å²) in [7, 11) is -3.62. The lowest BCUT2D eigenvalue weighted by atomic mass is 9.97. The molecule has 43 heavy (non-hydrogen) atoms. The van der Waals surface area contributed by atoms with Crippen molar-refractivity contribution in [1.29, 1.82) is 0 Å². The van der Waals surface area contributed by atoms with E-state index in [4.69, 9.17) is 9.84 Å². The molecule has 12 heteroatoms. The van der Waals surface area contributed by atoms with E-state index in [1.54, 1.807) is 35.9 Å². The van der Waals surface area contributed by atoms with Crippen LogP contribution in [0.1, 0.15) is 38.2 Å². The van der Waals surface area contributed by atoms with E-state index < -0.39 is 10.0 Å². The van der Waals surface area contributed by atoms with Crippen LogP contribution in [0.3, 0.4) is 0 Å². The molecule has 0 atom stereocenters. The van der Waals surface area contributed by atoms with Crippen molar-refractivity contribution in [3.63, 3.8) is 0 Å². The summed E-state index contributed by atoms with van der Waals surface area (Å²) in [4.78, 5) is 32.3. The second-order valence-electron chi connectivity index (χ2n) is 10.7. The predicted molar refractivity (Wildman–Crippen MR) is 166 cm³/mol. The maximum Gasteiger partial charge on any atom is 0.309 e. The average Bonchev–Trinajstić information content (AvgIpc) is 3.80. The molecule has 0 N–H and O–H groups in total. The van der Waals surface area contributed by atoms with Crippen molar-refractivity contribution in [2.45, 2.75) is 37.5 Å². The Morgan fingerprint density at radius 2 is 1.79 bits per heavy atom. The summed E-state index contributed by atoms with van der Waals surface area (Å²) in [5.41, 5.74) is 2.71. The molecular weight excluding hydrogens is 587 g/mol. The Morgan fingerprint density at radius 1 is 1.05 bits per heavy atom. The smallest absolute Gasteiger partial charge is 0.309 e. The predicted octanol–water partition coefficient (Wildman–Crippen LogP) is 4.57. The monoisotopic (exact) mass is 619 g/mol. The molecule has 3 aromatic rings. The summed E-state index contributed by atoms with van der Waals surface area (Å²) in [5, 5.41) is 5.46. The summed E-state index contributed by atoms with van der Waals surface area (Å²) in [6.45, 7) is 4.45. The fraction of sp³-hybridized carbons (Fsp3) is 0.355. The summed E-state index contributed by atoms with van der Waals surface area (Å²) >= 11 is 1.30. The molecule has 1 amide bonds. The van der Waals surface area contributed by atoms with Gasteiger partial charge in [-0.3, -0.25) is 9.59 Å². The van der Waals surface area contributed by atoms with Gasteiger partial charge in [-0.15, -0.1) is 0 Å². The molecular formula is C31H33N5O5S2. The normalized spacial score (nSPS) is 19.3. The number of amidine groups is 1. The first-order valence-electron chi connectivity index (χ1n) is 14.5. The van der Waals surface area contributed by atoms with Crippen molar-refractivity contribution in [2.75, 3.05) is 32.8 Å². The number of amides is 1. The van der Waals surface area contributed by atoms with Gasteiger partial charge < -0.3 is 9.64 Å². The summed E-state index contributed by atoms with van der Waals surface area (Å²) in [6.07, 6.45) is 6.63. The molecule has 6 rings (SSSR count). The van der Waals surface area contributed by atoms with E-state index in [1.165, 1.54) is 16.1 Å². The Labute approximate surface area is 255 Å². The van der Waals surface area contributed by atoms with Gasteiger partial charge in [-0.1, -0.05) is 30.3 Å². The number of carbonyl (C=O) groups is 2. The van der Waals surface area contributed by atoms with Crippen molar-refractivity contribution in [3.8, 4) is 16.9 Å². The number of carbonyl (C=O) groups excluding carboxylic acids is 2. The number of hydrogen-bond donors (Lipinski definition) is 0. The Balaban J connectivity index is 1.29. The lowest BCUT2D eigenvalue weighted by Crippen LogP contribution is -2.39. The first-order valence-corrected chi connectivity index (χ1v) is 16.8. The lowest BCUT2D eigenvalue weighted by Gasteiger charge is -2.31. The van der Waals surface area contributed by atoms with Crippen molar-refractivity contribution in [2.24, 2.45) is 10.9 Å². The molecule has 4 heterocycles. The van der Waals surface area contributed by atoms with Crippen LogP contribution in [0.5, 0.6) is 0 Å². The third-order valence-electron chi connectivity index (χ3n) is 7.85. The second-order valence-corrected chi connectivity index (χ2v) is 13.6. The van der Waals surface area contributed by atoms with Crippen LogP contribution < -0.4 is 0 Å². The molecule has 2 saturated heterocycles. The average molecular weight is 620 g/mol. The first-order chi connectivity index (χ1) is 20.8. The number of benzene rings is 2. The van der Waals surface area contributed by atoms with Gasteiger partial charge >= 0.3 is 5.97 Å². The van der Waals surface area contributed by atoms with Crippen LogP contribution in [0.4, 0.5) is 0 Å². The number of thioether (sulfide) groups is 1. The SMILES string of the molecule is CCOC(=O)C1CCN(C2=NC(=O)C(=Cc3cn(-c4ccccc4)nc3-c3cccc(S(=O)(=O)N4CCCC4)c3)S2)CC1. The molecule has 224 valence electrons. The Bertz CT molecular complexity index is 1690. The van der Waals surface area contributed by atoms with E-state index in [2.05, 4.69) is 4.99 Å². The van der Waals surface area contributed by atoms with Gasteiger partial charge in [-0.2, -0.15) is 14.4 Å². The van der Waals surface area contributed by atoms with E-state index >= 15 is 0 Å². The number of likely N-dealkylation sites (tertiary alicyclic amines) is 1. The highest BCUT2D eigenvalue weighted by Gasteiger charge is 2.32. The number of sulfonamides is 1. The maximum absolute atomic E-state index is 13.3. The lowest BCUT2D eigenvalue weighted by molar-refractivity contribution is -0.149. The number of piperidine rings is 1. The molecule has 2 aromatic carbocycles. The van der Waals surface area contributed by atoms with Gasteiger partial charge in [0, 0.05) is 43.5 Å². The zero-order valence-electron chi connectivity index (χ0n) is 23.9. The molecule has 10 nitrogen and oxygen atoms in total. The molecule has 0 bridgehead atoms. The fourth-order valence-electron chi connectivity index (χ4n) is 5.55. The number of aliphatic imine (C=N–C) groups is 1. The van der Waals surface area contributed by atoms with Gasteiger partial charge in [0.05, 0.1) is 28.0 Å². The topological polar surface area (TPSA) is 114 Å². The maximum atomic E-state index is 13.3. The number of para-hydroxylation sites is 1. The largest absolute Gasteiger partial charge is 0.466 e. The standard InChI is InChI=1S/C31H33N5O5S2/c1-2-41-30(38)22-13-17-34(18-14-22)31-32-29(37)27(42-31)20-24-21-36(25-10-4-3-5-11-25)33-28(24)23-9-8-12-26(19-23)43(39,40)35-15-6-7-16-35/h3-5,8-12,19-22H,2,6-7,13-18H2,1H3.